The molecule has 0 aliphatic carbocycles. The quantitative estimate of drug-likeness (QED) is 0.394. The summed E-state index contributed by atoms with van der Waals surface area (Å²) in [5.74, 6) is -0.114. The third-order valence-electron chi connectivity index (χ3n) is 7.19. The van der Waals surface area contributed by atoms with E-state index < -0.39 is 11.7 Å². The summed E-state index contributed by atoms with van der Waals surface area (Å²) in [6.07, 6.45) is -2.85. The SMILES string of the molecule is O=C(c1ccc2c(c1)ncn2-c1ccc(C(F)(F)F)cc1)N1CC(N2CCN(C(=O)c3cscn3)CC2)C1. The Balaban J connectivity index is 1.06. The Morgan fingerprint density at radius 3 is 2.29 bits per heavy atom. The Bertz CT molecular complexity index is 1470. The highest BCUT2D eigenvalue weighted by Crippen LogP contribution is 2.30. The maximum atomic E-state index is 13.1. The predicted octanol–water partition coefficient (Wildman–Crippen LogP) is 3.78. The molecule has 0 bridgehead atoms. The van der Waals surface area contributed by atoms with E-state index in [0.29, 0.717) is 54.2 Å². The molecular formula is C26H23F3N6O2S. The third kappa shape index (κ3) is 4.54. The molecule has 2 aliphatic rings. The minimum Gasteiger partial charge on any atom is -0.335 e. The van der Waals surface area contributed by atoms with Crippen molar-refractivity contribution in [1.82, 2.24) is 29.2 Å². The highest BCUT2D eigenvalue weighted by Gasteiger charge is 2.37. The van der Waals surface area contributed by atoms with Crippen molar-refractivity contribution >= 4 is 34.2 Å². The standard InChI is InChI=1S/C26H23F3N6O2S/c27-26(28,29)18-2-4-19(5-3-18)35-15-30-21-11-17(1-6-23(21)35)24(36)34-12-20(13-34)32-7-9-33(10-8-32)25(37)22-14-38-16-31-22/h1-6,11,14-16,20H,7-10,12-13H2. The lowest BCUT2D eigenvalue weighted by Gasteiger charge is -2.48. The summed E-state index contributed by atoms with van der Waals surface area (Å²) in [6.45, 7) is 4.04. The van der Waals surface area contributed by atoms with Crippen LogP contribution in [0.4, 0.5) is 13.2 Å². The molecule has 2 aliphatic heterocycles. The number of fused-ring (bicyclic) bond motifs is 1. The maximum absolute atomic E-state index is 13.1. The minimum atomic E-state index is -4.39. The van der Waals surface area contributed by atoms with Gasteiger partial charge in [0.15, 0.2) is 0 Å². The molecule has 0 radical (unpaired) electrons. The number of nitrogens with zero attached hydrogens (tertiary/aromatic N) is 6. The number of rotatable bonds is 4. The molecule has 2 fully saturated rings. The van der Waals surface area contributed by atoms with Gasteiger partial charge < -0.3 is 9.80 Å². The smallest absolute Gasteiger partial charge is 0.335 e. The number of likely N-dealkylation sites (tertiary alicyclic amines) is 1. The van der Waals surface area contributed by atoms with Crippen LogP contribution >= 0.6 is 11.3 Å². The first-order valence-corrected chi connectivity index (χ1v) is 13.1. The van der Waals surface area contributed by atoms with Gasteiger partial charge in [-0.15, -0.1) is 11.3 Å². The number of benzene rings is 2. The summed E-state index contributed by atoms with van der Waals surface area (Å²) < 4.78 is 40.3. The van der Waals surface area contributed by atoms with Gasteiger partial charge in [0.05, 0.1) is 22.1 Å². The Labute approximate surface area is 219 Å². The lowest BCUT2D eigenvalue weighted by Crippen LogP contribution is -2.64. The molecule has 2 aromatic carbocycles. The van der Waals surface area contributed by atoms with Gasteiger partial charge >= 0.3 is 6.18 Å². The second-order valence-electron chi connectivity index (χ2n) is 9.43. The average Bonchev–Trinajstić information content (AvgIpc) is 3.57. The Hall–Kier alpha value is -3.77. The summed E-state index contributed by atoms with van der Waals surface area (Å²) in [5.41, 5.74) is 3.81. The molecule has 2 amide bonds. The largest absolute Gasteiger partial charge is 0.416 e. The fraction of sp³-hybridized carbons (Fsp3) is 0.308. The highest BCUT2D eigenvalue weighted by atomic mass is 32.1. The number of piperazine rings is 1. The zero-order valence-corrected chi connectivity index (χ0v) is 21.0. The van der Waals surface area contributed by atoms with Crippen LogP contribution in [0.2, 0.25) is 0 Å². The first kappa shape index (κ1) is 24.6. The average molecular weight is 541 g/mol. The zero-order chi connectivity index (χ0) is 26.4. The number of halogens is 3. The number of hydrogen-bond acceptors (Lipinski definition) is 6. The van der Waals surface area contributed by atoms with Gasteiger partial charge in [-0.3, -0.25) is 19.1 Å². The molecule has 0 N–H and O–H groups in total. The van der Waals surface area contributed by atoms with E-state index in [9.17, 15) is 22.8 Å². The Kier molecular flexibility index (Phi) is 6.15. The molecule has 4 heterocycles. The first-order chi connectivity index (χ1) is 18.3. The van der Waals surface area contributed by atoms with Crippen LogP contribution in [0.5, 0.6) is 0 Å². The van der Waals surface area contributed by atoms with Crippen LogP contribution in [-0.4, -0.2) is 86.4 Å². The summed E-state index contributed by atoms with van der Waals surface area (Å²) in [5, 5.41) is 1.76. The van der Waals surface area contributed by atoms with Crippen molar-refractivity contribution in [2.45, 2.75) is 12.2 Å². The summed E-state index contributed by atoms with van der Waals surface area (Å²) in [6, 6.07) is 10.4. The van der Waals surface area contributed by atoms with Gasteiger partial charge in [0.2, 0.25) is 0 Å². The fourth-order valence-corrected chi connectivity index (χ4v) is 5.49. The second-order valence-corrected chi connectivity index (χ2v) is 10.1. The van der Waals surface area contributed by atoms with E-state index in [1.165, 1.54) is 23.5 Å². The number of carbonyl (C=O) groups is 2. The fourth-order valence-electron chi connectivity index (χ4n) is 4.97. The molecule has 6 rings (SSSR count). The van der Waals surface area contributed by atoms with Crippen LogP contribution in [0.15, 0.2) is 59.7 Å². The normalized spacial score (nSPS) is 17.1. The second kappa shape index (κ2) is 9.52. The first-order valence-electron chi connectivity index (χ1n) is 12.1. The maximum Gasteiger partial charge on any atom is 0.416 e. The van der Waals surface area contributed by atoms with E-state index in [2.05, 4.69) is 14.9 Å². The van der Waals surface area contributed by atoms with Crippen molar-refractivity contribution in [2.24, 2.45) is 0 Å². The van der Waals surface area contributed by atoms with Gasteiger partial charge in [-0.05, 0) is 42.5 Å². The van der Waals surface area contributed by atoms with E-state index >= 15 is 0 Å². The van der Waals surface area contributed by atoms with Crippen molar-refractivity contribution in [1.29, 1.82) is 0 Å². The van der Waals surface area contributed by atoms with Crippen LogP contribution in [0, 0.1) is 0 Å². The molecule has 12 heteroatoms. The summed E-state index contributed by atoms with van der Waals surface area (Å²) in [4.78, 5) is 40.0. The molecule has 0 spiro atoms. The molecule has 8 nitrogen and oxygen atoms in total. The number of carbonyl (C=O) groups excluding carboxylic acids is 2. The number of alkyl halides is 3. The van der Waals surface area contributed by atoms with Gasteiger partial charge in [-0.2, -0.15) is 13.2 Å². The molecule has 2 saturated heterocycles. The molecule has 196 valence electrons. The van der Waals surface area contributed by atoms with Crippen molar-refractivity contribution in [3.05, 3.63) is 76.5 Å². The Morgan fingerprint density at radius 1 is 0.895 bits per heavy atom. The van der Waals surface area contributed by atoms with Gasteiger partial charge in [0.25, 0.3) is 11.8 Å². The van der Waals surface area contributed by atoms with Crippen LogP contribution in [0.3, 0.4) is 0 Å². The van der Waals surface area contributed by atoms with E-state index in [0.717, 1.165) is 25.2 Å². The molecule has 4 aromatic rings. The lowest BCUT2D eigenvalue weighted by atomic mass is 10.0. The van der Waals surface area contributed by atoms with Crippen LogP contribution in [0.25, 0.3) is 16.7 Å². The Morgan fingerprint density at radius 2 is 1.63 bits per heavy atom. The lowest BCUT2D eigenvalue weighted by molar-refractivity contribution is -0.137. The highest BCUT2D eigenvalue weighted by molar-refractivity contribution is 7.07. The van der Waals surface area contributed by atoms with Crippen LogP contribution < -0.4 is 0 Å². The molecule has 38 heavy (non-hydrogen) atoms. The number of thiazole rings is 1. The monoisotopic (exact) mass is 540 g/mol. The van der Waals surface area contributed by atoms with Crippen molar-refractivity contribution < 1.29 is 22.8 Å². The summed E-state index contributed by atoms with van der Waals surface area (Å²) in [7, 11) is 0. The van der Waals surface area contributed by atoms with Gasteiger partial charge in [0.1, 0.15) is 12.0 Å². The molecule has 0 unspecified atom stereocenters. The number of amides is 2. The molecular weight excluding hydrogens is 517 g/mol. The van der Waals surface area contributed by atoms with Crippen LogP contribution in [-0.2, 0) is 6.18 Å². The van der Waals surface area contributed by atoms with Crippen molar-refractivity contribution in [2.75, 3.05) is 39.3 Å². The number of aromatic nitrogens is 3. The topological polar surface area (TPSA) is 74.6 Å². The summed E-state index contributed by atoms with van der Waals surface area (Å²) >= 11 is 1.41. The third-order valence-corrected chi connectivity index (χ3v) is 7.77. The van der Waals surface area contributed by atoms with Crippen molar-refractivity contribution in [3.63, 3.8) is 0 Å². The van der Waals surface area contributed by atoms with Gasteiger partial charge in [-0.25, -0.2) is 9.97 Å². The van der Waals surface area contributed by atoms with Gasteiger partial charge in [-0.1, -0.05) is 0 Å². The molecule has 0 atom stereocenters. The predicted molar refractivity (Wildman–Crippen MR) is 135 cm³/mol. The van der Waals surface area contributed by atoms with Gasteiger partial charge in [0, 0.05) is 61.9 Å². The molecule has 2 aromatic heterocycles. The zero-order valence-electron chi connectivity index (χ0n) is 20.1. The van der Waals surface area contributed by atoms with E-state index in [4.69, 9.17) is 0 Å². The van der Waals surface area contributed by atoms with E-state index in [1.54, 1.807) is 44.9 Å². The van der Waals surface area contributed by atoms with Crippen LogP contribution in [0.1, 0.15) is 26.4 Å². The molecule has 0 saturated carbocycles. The minimum absolute atomic E-state index is 0.0347. The number of imidazole rings is 1. The number of hydrogen-bond donors (Lipinski definition) is 0. The van der Waals surface area contributed by atoms with Crippen molar-refractivity contribution in [3.8, 4) is 5.69 Å². The van der Waals surface area contributed by atoms with E-state index in [1.807, 2.05) is 4.90 Å². The van der Waals surface area contributed by atoms with E-state index in [-0.39, 0.29) is 17.9 Å².